The first-order valence-corrected chi connectivity index (χ1v) is 14.7. The topological polar surface area (TPSA) is 638 Å². The van der Waals surface area contributed by atoms with Crippen molar-refractivity contribution >= 4 is 71.3 Å². The summed E-state index contributed by atoms with van der Waals surface area (Å²) >= 11 is 0. The predicted molar refractivity (Wildman–Crippen MR) is 204 cm³/mol. The molecule has 0 radical (unpaired) electrons. The molecule has 0 rings (SSSR count). The number of hydrogen-bond acceptors (Lipinski definition) is 19. The van der Waals surface area contributed by atoms with E-state index in [-0.39, 0.29) is 38.5 Å². The van der Waals surface area contributed by atoms with Gasteiger partial charge in [-0.3, -0.25) is 57.5 Å². The predicted octanol–water partition coefficient (Wildman–Crippen LogP) is -8.02. The lowest BCUT2D eigenvalue weighted by Crippen LogP contribution is -2.31. The van der Waals surface area contributed by atoms with Crippen LogP contribution in [0.15, 0.2) is 0 Å². The Morgan fingerprint density at radius 2 is 0.750 bits per heavy atom. The van der Waals surface area contributed by atoms with Gasteiger partial charge in [0, 0.05) is 54.8 Å². The minimum Gasteiger partial charge on any atom is -0.480 e. The van der Waals surface area contributed by atoms with Crippen molar-refractivity contribution in [1.29, 1.82) is 1.43 Å². The van der Waals surface area contributed by atoms with Gasteiger partial charge in [0.2, 0.25) is 35.4 Å². The Morgan fingerprint density at radius 1 is 0.450 bits per heavy atom. The van der Waals surface area contributed by atoms with E-state index in [1.54, 1.807) is 5.73 Å². The van der Waals surface area contributed by atoms with Crippen LogP contribution < -0.4 is 68.7 Å². The molecule has 6 atom stereocenters. The van der Waals surface area contributed by atoms with E-state index < -0.39 is 169 Å². The monoisotopic (exact) mass is 925 g/mol. The fourth-order valence-corrected chi connectivity index (χ4v) is 1.76. The molecular formula is C30H60N12O18. The lowest BCUT2D eigenvalue weighted by Gasteiger charge is -2.01. The minimum absolute atomic E-state index is 0.0213. The molecule has 0 aliphatic carbocycles. The molecule has 60 heavy (non-hydrogen) atoms. The van der Waals surface area contributed by atoms with Gasteiger partial charge >= 0.3 is 35.8 Å². The Kier molecular flexibility index (Phi) is 18.3. The summed E-state index contributed by atoms with van der Waals surface area (Å²) in [5.74, 6) is -17.5. The molecule has 0 heterocycles. The number of primary amides is 6. The lowest BCUT2D eigenvalue weighted by molar-refractivity contribution is -0.139. The summed E-state index contributed by atoms with van der Waals surface area (Å²) in [6.07, 6.45) is -21.9. The van der Waals surface area contributed by atoms with E-state index in [1.807, 2.05) is 0 Å². The van der Waals surface area contributed by atoms with Crippen LogP contribution in [-0.4, -0.2) is 138 Å². The molecule has 0 saturated carbocycles. The molecule has 0 fully saturated rings. The number of aliphatic carboxylic acids is 6. The zero-order chi connectivity index (χ0) is 70.1. The third kappa shape index (κ3) is 58.1. The van der Waals surface area contributed by atoms with Gasteiger partial charge in [-0.2, -0.15) is 0 Å². The molecule has 30 nitrogen and oxygen atoms in total. The van der Waals surface area contributed by atoms with Gasteiger partial charge in [-0.25, -0.2) is 0 Å². The standard InChI is InChI=1S/6C5H10N2O3/c6*6-3(5(9)10)1-2-4(7)8/h6*3H,1-2,6H2,(H2,7,8)(H,9,10)/t6*3-/m000000/s1/i1+1D2,2+1D2,3+1D,4+1,5+1,6+1,7+1;1+1,2+1,3+1,4+1,5+1,6+1,7+1;1+1D2,2+1D2,3+1D,4+1,5+1;1D2,2D2,3D;2*6+1,7+1/hD10. The third-order valence-electron chi connectivity index (χ3n) is 4.54. The number of amides is 6. The number of carboxylic acids is 6. The van der Waals surface area contributed by atoms with Gasteiger partial charge in [0.05, 0.1) is 4.11 Å². The number of carbonyl (C=O) groups excluding carboxylic acids is 6. The lowest BCUT2D eigenvalue weighted by atomic mass is 10.2. The van der Waals surface area contributed by atoms with E-state index in [1.165, 1.54) is 0 Å². The Hall–Kier alpha value is -6.60. The highest BCUT2D eigenvalue weighted by atomic mass is 16.5. The highest BCUT2D eigenvalue weighted by Crippen LogP contribution is 1.96. The zero-order valence-corrected chi connectivity index (χ0v) is 30.3. The molecule has 0 spiro atoms. The van der Waals surface area contributed by atoms with E-state index in [4.69, 9.17) is 94.6 Å². The van der Waals surface area contributed by atoms with Gasteiger partial charge < -0.3 is 99.4 Å². The molecule has 0 bridgehead atoms. The first-order valence-electron chi connectivity index (χ1n) is 26.7. The van der Waals surface area contributed by atoms with E-state index in [0.717, 1.165) is 0 Å². The van der Waals surface area contributed by atoms with Crippen LogP contribution in [0.5, 0.6) is 0 Å². The average Bonchev–Trinajstić information content (AvgIpc) is 3.35. The summed E-state index contributed by atoms with van der Waals surface area (Å²) in [4.78, 5) is 126. The summed E-state index contributed by atoms with van der Waals surface area (Å²) in [7, 11) is 0. The number of nitrogens with two attached hydrogens (primary N) is 12. The van der Waals surface area contributed by atoms with Crippen LogP contribution in [0.1, 0.15) is 97.3 Å². The molecule has 30 heteroatoms. The quantitative estimate of drug-likeness (QED) is 0.0269. The fraction of sp³-hybridized carbons (Fsp3) is 0.600. The van der Waals surface area contributed by atoms with Crippen molar-refractivity contribution < 1.29 is 121 Å². The minimum atomic E-state index is -3.88. The van der Waals surface area contributed by atoms with Gasteiger partial charge in [0.1, 0.15) is 43.2 Å². The smallest absolute Gasteiger partial charge is 0.320 e. The van der Waals surface area contributed by atoms with E-state index in [2.05, 4.69) is 10.8 Å². The van der Waals surface area contributed by atoms with Gasteiger partial charge in [-0.15, -0.1) is 0 Å². The maximum atomic E-state index is 11.3. The van der Waals surface area contributed by atoms with Crippen LogP contribution in [0, 0.1) is 0 Å². The van der Waals surface area contributed by atoms with Crippen molar-refractivity contribution in [3.8, 4) is 0 Å². The normalized spacial score (nSPS) is 21.4. The molecular weight excluding hydrogens is 839 g/mol. The summed E-state index contributed by atoms with van der Waals surface area (Å²) < 4.78 is 175. The second-order valence-corrected chi connectivity index (χ2v) is 9.53. The van der Waals surface area contributed by atoms with E-state index >= 15 is 0 Å². The van der Waals surface area contributed by atoms with Gasteiger partial charge in [-0.1, -0.05) is 0 Å². The summed E-state index contributed by atoms with van der Waals surface area (Å²) in [5, 5.41) is 45.3. The summed E-state index contributed by atoms with van der Waals surface area (Å²) in [5.41, 5.74) is 32.2. The Bertz CT molecular complexity index is 2270. The number of hydrogen-bond donors (Lipinski definition) is 18. The highest BCUT2D eigenvalue weighted by Gasteiger charge is 2.15. The molecule has 0 aliphatic rings. The van der Waals surface area contributed by atoms with Crippen LogP contribution in [0.25, 0.3) is 1.43 Å². The largest absolute Gasteiger partial charge is 0.480 e. The van der Waals surface area contributed by atoms with Gasteiger partial charge in [-0.05, 0) is 38.4 Å². The zero-order valence-electron chi connectivity index (χ0n) is 55.3. The second-order valence-electron chi connectivity index (χ2n) is 9.53. The molecule has 0 aromatic carbocycles. The van der Waals surface area contributed by atoms with E-state index in [0.29, 0.717) is 0 Å². The van der Waals surface area contributed by atoms with Crippen LogP contribution in [0.4, 0.5) is 0 Å². The summed E-state index contributed by atoms with van der Waals surface area (Å²) in [6, 6.07) is -13.8. The maximum Gasteiger partial charge on any atom is 0.320 e. The van der Waals surface area contributed by atoms with E-state index in [9.17, 15) is 57.5 Å². The molecule has 30 N–H and O–H groups in total. The molecule has 348 valence electrons. The molecule has 6 amide bonds. The fourth-order valence-electron chi connectivity index (χ4n) is 1.76. The van der Waals surface area contributed by atoms with Crippen molar-refractivity contribution in [2.24, 2.45) is 68.7 Å². The second kappa shape index (κ2) is 39.2. The summed E-state index contributed by atoms with van der Waals surface area (Å²) in [6.45, 7) is 0. The van der Waals surface area contributed by atoms with Gasteiger partial charge in [0.15, 0.2) is 5.65 Å². The number of carbonyl (C=O) groups is 12. The number of rotatable bonds is 27. The Labute approximate surface area is 377 Å². The first-order chi connectivity index (χ1) is 37.6. The molecule has 0 aliphatic heterocycles. The molecule has 0 saturated heterocycles. The van der Waals surface area contributed by atoms with Crippen molar-refractivity contribution in [2.75, 3.05) is 0 Å². The van der Waals surface area contributed by atoms with Gasteiger partial charge in [0.25, 0.3) is 1.43 Å². The Morgan fingerprint density at radius 3 is 0.983 bits per heavy atom. The van der Waals surface area contributed by atoms with Crippen LogP contribution >= 0.6 is 0 Å². The molecule has 0 aromatic heterocycles. The van der Waals surface area contributed by atoms with Crippen molar-refractivity contribution in [3.63, 3.8) is 0 Å². The maximum absolute atomic E-state index is 11.3. The van der Waals surface area contributed by atoms with Crippen molar-refractivity contribution in [2.45, 2.75) is 113 Å². The van der Waals surface area contributed by atoms with Crippen LogP contribution in [-0.2, 0) is 57.5 Å². The average molecular weight is 925 g/mol. The third-order valence-corrected chi connectivity index (χ3v) is 4.54. The van der Waals surface area contributed by atoms with Crippen LogP contribution in [0.3, 0.4) is 0 Å². The van der Waals surface area contributed by atoms with Crippen molar-refractivity contribution in [1.82, 2.24) is 0 Å². The highest BCUT2D eigenvalue weighted by molar-refractivity contribution is 5.80. The SMILES string of the molecule is [15NH2]C(=O)CC[C@H]([15NH2])C(=O)O.[15NH2]C(=O)CC[C@H]([15NH2])C(=O)O.[2H]C([2H])(C(N)=O)C([2H])([2H])[C@]([2H])(N)C(=O)O.[2H]N([2H])[13C](=O)[13C]([2H])([2H])[13C]([2H])([2H])[13C@@]([2H])([13C](=O)O)N([2H])[2H].[2H]O[13C](=O)[13C@@]([2H])([15N]([2H])[2H])[13C]([2H])([2H])[13C]([2H])([2H])[13C](=O)[15N]([2H])[2H].[2H][15NH][13C@@H]([13CH2][13CH2][13C]([15NH2])=O)[13C](=O)O. The number of carboxylic acid groups (broad SMARTS) is 6. The molecule has 0 unspecified atom stereocenters. The van der Waals surface area contributed by atoms with Crippen LogP contribution in [0.2, 0.25) is 12.7 Å². The van der Waals surface area contributed by atoms with Crippen molar-refractivity contribution in [3.05, 3.63) is 0 Å². The Balaban J connectivity index is -0.000000225. The first kappa shape index (κ1) is 28.0. The molecule has 0 aromatic rings.